The van der Waals surface area contributed by atoms with Crippen LogP contribution in [-0.2, 0) is 4.74 Å². The third-order valence-corrected chi connectivity index (χ3v) is 4.28. The van der Waals surface area contributed by atoms with Gasteiger partial charge in [-0.3, -0.25) is 0 Å². The number of methoxy groups -OCH3 is 1. The van der Waals surface area contributed by atoms with E-state index in [9.17, 15) is 9.90 Å². The summed E-state index contributed by atoms with van der Waals surface area (Å²) in [5, 5.41) is 10.1. The molecular formula is C16H19NO3S. The molecule has 1 unspecified atom stereocenters. The van der Waals surface area contributed by atoms with Gasteiger partial charge >= 0.3 is 5.97 Å². The normalized spacial score (nSPS) is 13.1. The Hall–Kier alpha value is -1.72. The molecule has 1 aromatic heterocycles. The molecule has 1 heterocycles. The summed E-state index contributed by atoms with van der Waals surface area (Å²) in [6.45, 7) is 6.14. The zero-order valence-electron chi connectivity index (χ0n) is 12.6. The predicted molar refractivity (Wildman–Crippen MR) is 83.7 cm³/mol. The lowest BCUT2D eigenvalue weighted by atomic mass is 9.89. The van der Waals surface area contributed by atoms with Gasteiger partial charge in [-0.25, -0.2) is 9.78 Å². The van der Waals surface area contributed by atoms with Crippen LogP contribution in [0.15, 0.2) is 30.3 Å². The summed E-state index contributed by atoms with van der Waals surface area (Å²) >= 11 is 1.38. The molecule has 0 radical (unpaired) electrons. The first-order valence-electron chi connectivity index (χ1n) is 6.67. The monoisotopic (exact) mass is 305 g/mol. The first-order chi connectivity index (χ1) is 9.84. The quantitative estimate of drug-likeness (QED) is 0.917. The van der Waals surface area contributed by atoms with E-state index in [-0.39, 0.29) is 17.2 Å². The predicted octanol–water partition coefficient (Wildman–Crippen LogP) is 4.24. The van der Waals surface area contributed by atoms with Crippen LogP contribution in [0.4, 0.5) is 0 Å². The fourth-order valence-corrected chi connectivity index (χ4v) is 3.59. The second-order valence-electron chi connectivity index (χ2n) is 5.88. The molecule has 4 nitrogen and oxygen atoms in total. The highest BCUT2D eigenvalue weighted by molar-refractivity contribution is 7.15. The van der Waals surface area contributed by atoms with Gasteiger partial charge in [0.2, 0.25) is 0 Å². The average Bonchev–Trinajstić information content (AvgIpc) is 2.84. The van der Waals surface area contributed by atoms with Gasteiger partial charge in [-0.1, -0.05) is 51.1 Å². The third-order valence-electron chi connectivity index (χ3n) is 3.13. The van der Waals surface area contributed by atoms with Crippen LogP contribution in [0, 0.1) is 5.41 Å². The van der Waals surface area contributed by atoms with Crippen LogP contribution < -0.4 is 0 Å². The van der Waals surface area contributed by atoms with E-state index in [1.54, 1.807) is 7.11 Å². The van der Waals surface area contributed by atoms with Crippen LogP contribution in [-0.4, -0.2) is 23.2 Å². The molecule has 0 fully saturated rings. The van der Waals surface area contributed by atoms with Crippen LogP contribution >= 0.6 is 11.3 Å². The van der Waals surface area contributed by atoms with Crippen molar-refractivity contribution in [2.75, 3.05) is 7.11 Å². The van der Waals surface area contributed by atoms with Crippen molar-refractivity contribution in [1.82, 2.24) is 4.98 Å². The van der Waals surface area contributed by atoms with Crippen LogP contribution in [0.3, 0.4) is 0 Å². The van der Waals surface area contributed by atoms with Crippen LogP contribution in [0.5, 0.6) is 0 Å². The van der Waals surface area contributed by atoms with Crippen LogP contribution in [0.25, 0.3) is 10.4 Å². The first-order valence-corrected chi connectivity index (χ1v) is 7.48. The van der Waals surface area contributed by atoms with Crippen molar-refractivity contribution >= 4 is 17.3 Å². The standard InChI is InChI=1S/C16H19NO3S/c1-16(2,3)13(20-4)14-17-11(15(18)19)12(21-14)10-8-6-5-7-9-10/h5-9,13H,1-4H3,(H,18,19). The number of benzene rings is 1. The maximum absolute atomic E-state index is 11.5. The lowest BCUT2D eigenvalue weighted by Crippen LogP contribution is -2.20. The molecule has 0 aliphatic heterocycles. The number of hydrogen-bond acceptors (Lipinski definition) is 4. The topological polar surface area (TPSA) is 59.4 Å². The molecule has 1 N–H and O–H groups in total. The first kappa shape index (κ1) is 15.7. The lowest BCUT2D eigenvalue weighted by molar-refractivity contribution is 0.0149. The summed E-state index contributed by atoms with van der Waals surface area (Å²) in [4.78, 5) is 16.5. The summed E-state index contributed by atoms with van der Waals surface area (Å²) < 4.78 is 5.54. The number of carboxylic acids is 1. The fraction of sp³-hybridized carbons (Fsp3) is 0.375. The number of carbonyl (C=O) groups is 1. The molecule has 0 bridgehead atoms. The Morgan fingerprint density at radius 2 is 1.90 bits per heavy atom. The number of aromatic carboxylic acids is 1. The van der Waals surface area contributed by atoms with Crippen LogP contribution in [0.2, 0.25) is 0 Å². The van der Waals surface area contributed by atoms with Crippen molar-refractivity contribution in [3.63, 3.8) is 0 Å². The summed E-state index contributed by atoms with van der Waals surface area (Å²) in [6.07, 6.45) is -0.238. The number of carboxylic acid groups (broad SMARTS) is 1. The zero-order chi connectivity index (χ0) is 15.6. The van der Waals surface area contributed by atoms with E-state index >= 15 is 0 Å². The Bertz CT molecular complexity index is 629. The molecule has 2 aromatic rings. The van der Waals surface area contributed by atoms with E-state index < -0.39 is 5.97 Å². The fourth-order valence-electron chi connectivity index (χ4n) is 2.20. The average molecular weight is 305 g/mol. The van der Waals surface area contributed by atoms with Gasteiger partial charge in [-0.2, -0.15) is 0 Å². The number of hydrogen-bond donors (Lipinski definition) is 1. The third kappa shape index (κ3) is 3.31. The zero-order valence-corrected chi connectivity index (χ0v) is 13.4. The smallest absolute Gasteiger partial charge is 0.356 e. The summed E-state index contributed by atoms with van der Waals surface area (Å²) in [6, 6.07) is 9.46. The largest absolute Gasteiger partial charge is 0.476 e. The highest BCUT2D eigenvalue weighted by atomic mass is 32.1. The Morgan fingerprint density at radius 3 is 2.38 bits per heavy atom. The summed E-state index contributed by atoms with van der Waals surface area (Å²) in [5.74, 6) is -1.01. The number of thiazole rings is 1. The van der Waals surface area contributed by atoms with E-state index in [2.05, 4.69) is 4.98 Å². The Labute approximate surface area is 128 Å². The SMILES string of the molecule is COC(c1nc(C(=O)O)c(-c2ccccc2)s1)C(C)(C)C. The number of nitrogens with zero attached hydrogens (tertiary/aromatic N) is 1. The molecular weight excluding hydrogens is 286 g/mol. The van der Waals surface area contributed by atoms with Gasteiger partial charge < -0.3 is 9.84 Å². The summed E-state index contributed by atoms with van der Waals surface area (Å²) in [5.41, 5.74) is 0.797. The van der Waals surface area contributed by atoms with E-state index in [1.807, 2.05) is 51.1 Å². The number of ether oxygens (including phenoxy) is 1. The van der Waals surface area contributed by atoms with Crippen molar-refractivity contribution in [2.45, 2.75) is 26.9 Å². The van der Waals surface area contributed by atoms with Gasteiger partial charge in [0.15, 0.2) is 5.69 Å². The van der Waals surface area contributed by atoms with Gasteiger partial charge in [0.05, 0.1) is 4.88 Å². The number of rotatable bonds is 4. The molecule has 2 rings (SSSR count). The maximum Gasteiger partial charge on any atom is 0.356 e. The minimum Gasteiger partial charge on any atom is -0.476 e. The second-order valence-corrected chi connectivity index (χ2v) is 6.91. The number of aromatic nitrogens is 1. The second kappa shape index (κ2) is 5.95. The highest BCUT2D eigenvalue weighted by Crippen LogP contribution is 2.41. The Balaban J connectivity index is 2.55. The molecule has 5 heteroatoms. The lowest BCUT2D eigenvalue weighted by Gasteiger charge is -2.27. The van der Waals surface area contributed by atoms with Gasteiger partial charge in [0.1, 0.15) is 11.1 Å². The Kier molecular flexibility index (Phi) is 4.44. The molecule has 112 valence electrons. The van der Waals surface area contributed by atoms with Gasteiger partial charge in [0, 0.05) is 7.11 Å². The summed E-state index contributed by atoms with van der Waals surface area (Å²) in [7, 11) is 1.62. The maximum atomic E-state index is 11.5. The van der Waals surface area contributed by atoms with Crippen molar-refractivity contribution < 1.29 is 14.6 Å². The van der Waals surface area contributed by atoms with Crippen molar-refractivity contribution in [1.29, 1.82) is 0 Å². The molecule has 1 atom stereocenters. The molecule has 21 heavy (non-hydrogen) atoms. The van der Waals surface area contributed by atoms with E-state index in [0.29, 0.717) is 9.88 Å². The minimum absolute atomic E-state index is 0.0903. The van der Waals surface area contributed by atoms with Crippen LogP contribution in [0.1, 0.15) is 42.4 Å². The molecule has 1 aromatic carbocycles. The van der Waals surface area contributed by atoms with Gasteiger partial charge in [-0.15, -0.1) is 11.3 Å². The van der Waals surface area contributed by atoms with Crippen molar-refractivity contribution in [2.24, 2.45) is 5.41 Å². The molecule has 0 amide bonds. The molecule has 0 aliphatic carbocycles. The molecule has 0 saturated carbocycles. The molecule has 0 saturated heterocycles. The minimum atomic E-state index is -1.01. The van der Waals surface area contributed by atoms with E-state index in [4.69, 9.17) is 4.74 Å². The van der Waals surface area contributed by atoms with Gasteiger partial charge in [-0.05, 0) is 11.0 Å². The molecule has 0 spiro atoms. The van der Waals surface area contributed by atoms with Crippen molar-refractivity contribution in [3.8, 4) is 10.4 Å². The van der Waals surface area contributed by atoms with Crippen molar-refractivity contribution in [3.05, 3.63) is 41.0 Å². The van der Waals surface area contributed by atoms with E-state index in [1.165, 1.54) is 11.3 Å². The van der Waals surface area contributed by atoms with E-state index in [0.717, 1.165) is 5.56 Å². The Morgan fingerprint density at radius 1 is 1.29 bits per heavy atom. The van der Waals surface area contributed by atoms with Gasteiger partial charge in [0.25, 0.3) is 0 Å². The molecule has 0 aliphatic rings. The highest BCUT2D eigenvalue weighted by Gasteiger charge is 2.31.